The number of piperazine rings is 1. The van der Waals surface area contributed by atoms with Crippen LogP contribution in [-0.2, 0) is 10.0 Å². The van der Waals surface area contributed by atoms with Crippen LogP contribution in [0.2, 0.25) is 5.02 Å². The Morgan fingerprint density at radius 3 is 2.25 bits per heavy atom. The third kappa shape index (κ3) is 4.49. The maximum absolute atomic E-state index is 13.3. The minimum absolute atomic E-state index is 0.0258. The zero-order chi connectivity index (χ0) is 20.5. The van der Waals surface area contributed by atoms with Gasteiger partial charge in [-0.1, -0.05) is 11.6 Å². The fourth-order valence-electron chi connectivity index (χ4n) is 2.82. The number of sulfonamides is 1. The van der Waals surface area contributed by atoms with Gasteiger partial charge in [0.1, 0.15) is 11.6 Å². The third-order valence-corrected chi connectivity index (χ3v) is 6.64. The second kappa shape index (κ2) is 8.12. The number of halogens is 3. The van der Waals surface area contributed by atoms with E-state index < -0.39 is 27.6 Å². The van der Waals surface area contributed by atoms with Crippen molar-refractivity contribution in [2.24, 2.45) is 0 Å². The van der Waals surface area contributed by atoms with E-state index in [9.17, 15) is 22.0 Å². The normalized spacial score (nSPS) is 16.1. The predicted molar refractivity (Wildman–Crippen MR) is 102 cm³/mol. The second-order valence-corrected chi connectivity index (χ2v) is 8.81. The number of benzene rings is 2. The van der Waals surface area contributed by atoms with E-state index in [1.54, 1.807) is 0 Å². The molecule has 0 radical (unpaired) electrons. The first kappa shape index (κ1) is 20.7. The van der Waals surface area contributed by atoms with Crippen molar-refractivity contribution in [3.63, 3.8) is 0 Å². The van der Waals surface area contributed by atoms with E-state index in [0.29, 0.717) is 32.2 Å². The van der Waals surface area contributed by atoms with Crippen LogP contribution in [0.5, 0.6) is 0 Å². The Hall–Kier alpha value is -2.07. The van der Waals surface area contributed by atoms with Gasteiger partial charge in [-0.2, -0.15) is 4.31 Å². The van der Waals surface area contributed by atoms with Crippen LogP contribution in [0.15, 0.2) is 41.3 Å². The van der Waals surface area contributed by atoms with Crippen LogP contribution in [0.1, 0.15) is 10.4 Å². The van der Waals surface area contributed by atoms with Gasteiger partial charge in [0.2, 0.25) is 10.0 Å². The number of nitrogens with zero attached hydrogens (tertiary/aromatic N) is 2. The van der Waals surface area contributed by atoms with Gasteiger partial charge in [-0.3, -0.25) is 4.79 Å². The summed E-state index contributed by atoms with van der Waals surface area (Å²) in [6.45, 7) is 1.93. The smallest absolute Gasteiger partial charge is 0.255 e. The molecule has 150 valence electrons. The number of nitrogens with one attached hydrogen (secondary N) is 1. The number of rotatable bonds is 4. The van der Waals surface area contributed by atoms with Crippen molar-refractivity contribution < 1.29 is 22.0 Å². The largest absolute Gasteiger partial charge is 0.321 e. The monoisotopic (exact) mass is 429 g/mol. The van der Waals surface area contributed by atoms with Crippen molar-refractivity contribution in [1.29, 1.82) is 0 Å². The van der Waals surface area contributed by atoms with Crippen molar-refractivity contribution >= 4 is 33.2 Å². The Kier molecular flexibility index (Phi) is 5.99. The molecule has 28 heavy (non-hydrogen) atoms. The fraction of sp³-hybridized carbons (Fsp3) is 0.278. The molecular weight excluding hydrogens is 412 g/mol. The number of carbonyl (C=O) groups is 1. The molecule has 0 unspecified atom stereocenters. The van der Waals surface area contributed by atoms with E-state index in [2.05, 4.69) is 5.32 Å². The van der Waals surface area contributed by atoms with Gasteiger partial charge in [-0.25, -0.2) is 17.2 Å². The van der Waals surface area contributed by atoms with Crippen molar-refractivity contribution in [2.45, 2.75) is 4.90 Å². The molecule has 1 fully saturated rings. The highest BCUT2D eigenvalue weighted by atomic mass is 35.5. The summed E-state index contributed by atoms with van der Waals surface area (Å²) in [6, 6.07) is 6.34. The lowest BCUT2D eigenvalue weighted by Crippen LogP contribution is -2.47. The number of carbonyl (C=O) groups excluding carboxylic acids is 1. The lowest BCUT2D eigenvalue weighted by molar-refractivity contribution is 0.102. The average molecular weight is 430 g/mol. The van der Waals surface area contributed by atoms with E-state index in [1.807, 2.05) is 11.9 Å². The van der Waals surface area contributed by atoms with Crippen LogP contribution in [-0.4, -0.2) is 56.8 Å². The molecule has 3 rings (SSSR count). The standard InChI is InChI=1S/C18H18ClF2N3O3S/c1-23-4-6-24(7-5-23)28(26,27)15-2-3-16(19)17(11-15)22-18(25)12-8-13(20)10-14(21)9-12/h2-3,8-11H,4-7H2,1H3,(H,22,25). The summed E-state index contributed by atoms with van der Waals surface area (Å²) in [5.41, 5.74) is -0.215. The van der Waals surface area contributed by atoms with Gasteiger partial charge in [0.15, 0.2) is 0 Å². The van der Waals surface area contributed by atoms with Gasteiger partial charge < -0.3 is 10.2 Å². The van der Waals surface area contributed by atoms with Gasteiger partial charge in [-0.15, -0.1) is 0 Å². The summed E-state index contributed by atoms with van der Waals surface area (Å²) in [7, 11) is -1.85. The average Bonchev–Trinajstić information content (AvgIpc) is 2.63. The number of amides is 1. The Bertz CT molecular complexity index is 989. The van der Waals surface area contributed by atoms with Crippen molar-refractivity contribution in [2.75, 3.05) is 38.5 Å². The SMILES string of the molecule is CN1CCN(S(=O)(=O)c2ccc(Cl)c(NC(=O)c3cc(F)cc(F)c3)c2)CC1. The van der Waals surface area contributed by atoms with Gasteiger partial charge >= 0.3 is 0 Å². The van der Waals surface area contributed by atoms with Gasteiger partial charge in [0.25, 0.3) is 5.91 Å². The Balaban J connectivity index is 1.86. The lowest BCUT2D eigenvalue weighted by Gasteiger charge is -2.31. The van der Waals surface area contributed by atoms with E-state index >= 15 is 0 Å². The number of anilines is 1. The fourth-order valence-corrected chi connectivity index (χ4v) is 4.43. The molecule has 1 N–H and O–H groups in total. The Morgan fingerprint density at radius 1 is 1.04 bits per heavy atom. The molecule has 0 atom stereocenters. The predicted octanol–water partition coefficient (Wildman–Crippen LogP) is 2.81. The lowest BCUT2D eigenvalue weighted by atomic mass is 10.2. The highest BCUT2D eigenvalue weighted by molar-refractivity contribution is 7.89. The minimum atomic E-state index is -3.76. The summed E-state index contributed by atoms with van der Waals surface area (Å²) >= 11 is 6.07. The Labute approximate surface area is 166 Å². The van der Waals surface area contributed by atoms with Crippen LogP contribution in [0.3, 0.4) is 0 Å². The molecule has 1 heterocycles. The summed E-state index contributed by atoms with van der Waals surface area (Å²) < 4.78 is 53.7. The maximum Gasteiger partial charge on any atom is 0.255 e. The number of likely N-dealkylation sites (N-methyl/N-ethyl adjacent to an activating group) is 1. The van der Waals surface area contributed by atoms with E-state index in [4.69, 9.17) is 11.6 Å². The summed E-state index contributed by atoms with van der Waals surface area (Å²) in [6.07, 6.45) is 0. The molecule has 1 saturated heterocycles. The molecule has 1 amide bonds. The zero-order valence-corrected chi connectivity index (χ0v) is 16.5. The molecule has 1 aliphatic heterocycles. The minimum Gasteiger partial charge on any atom is -0.321 e. The zero-order valence-electron chi connectivity index (χ0n) is 15.0. The molecule has 1 aliphatic rings. The highest BCUT2D eigenvalue weighted by Gasteiger charge is 2.28. The van der Waals surface area contributed by atoms with Gasteiger partial charge in [0, 0.05) is 37.8 Å². The van der Waals surface area contributed by atoms with Crippen LogP contribution < -0.4 is 5.32 Å². The molecule has 10 heteroatoms. The third-order valence-electron chi connectivity index (χ3n) is 4.41. The Morgan fingerprint density at radius 2 is 1.64 bits per heavy atom. The quantitative estimate of drug-likeness (QED) is 0.811. The number of hydrogen-bond donors (Lipinski definition) is 1. The van der Waals surface area contributed by atoms with Gasteiger partial charge in [-0.05, 0) is 37.4 Å². The van der Waals surface area contributed by atoms with Crippen LogP contribution in [0.25, 0.3) is 0 Å². The van der Waals surface area contributed by atoms with E-state index in [0.717, 1.165) is 12.1 Å². The van der Waals surface area contributed by atoms with Crippen molar-refractivity contribution in [1.82, 2.24) is 9.21 Å². The van der Waals surface area contributed by atoms with Crippen LogP contribution >= 0.6 is 11.6 Å². The molecule has 0 saturated carbocycles. The van der Waals surface area contributed by atoms with Crippen LogP contribution in [0, 0.1) is 11.6 Å². The molecule has 0 aromatic heterocycles. The first-order valence-corrected chi connectivity index (χ1v) is 10.2. The first-order valence-electron chi connectivity index (χ1n) is 8.42. The molecule has 0 aliphatic carbocycles. The molecule has 0 spiro atoms. The molecular formula is C18H18ClF2N3O3S. The summed E-state index contributed by atoms with van der Waals surface area (Å²) in [5, 5.41) is 2.51. The summed E-state index contributed by atoms with van der Waals surface area (Å²) in [4.78, 5) is 14.3. The van der Waals surface area contributed by atoms with Gasteiger partial charge in [0.05, 0.1) is 15.6 Å². The molecule has 0 bridgehead atoms. The van der Waals surface area contributed by atoms with Crippen molar-refractivity contribution in [3.8, 4) is 0 Å². The number of hydrogen-bond acceptors (Lipinski definition) is 4. The second-order valence-electron chi connectivity index (χ2n) is 6.46. The topological polar surface area (TPSA) is 69.7 Å². The van der Waals surface area contributed by atoms with E-state index in [1.165, 1.54) is 22.5 Å². The molecule has 2 aromatic carbocycles. The summed E-state index contributed by atoms with van der Waals surface area (Å²) in [5.74, 6) is -2.61. The van der Waals surface area contributed by atoms with Crippen LogP contribution in [0.4, 0.5) is 14.5 Å². The molecule has 2 aromatic rings. The van der Waals surface area contributed by atoms with E-state index in [-0.39, 0.29) is 21.2 Å². The molecule has 6 nitrogen and oxygen atoms in total. The first-order chi connectivity index (χ1) is 13.2. The van der Waals surface area contributed by atoms with Crippen molar-refractivity contribution in [3.05, 3.63) is 58.6 Å². The highest BCUT2D eigenvalue weighted by Crippen LogP contribution is 2.28. The maximum atomic E-state index is 13.3.